The molecule has 0 amide bonds. The van der Waals surface area contributed by atoms with Crippen LogP contribution in [-0.2, 0) is 4.79 Å². The maximum absolute atomic E-state index is 13.4. The summed E-state index contributed by atoms with van der Waals surface area (Å²) in [6.07, 6.45) is 2.66. The Hall–Kier alpha value is -3.61. The molecule has 1 aliphatic carbocycles. The molecular weight excluding hydrogens is 392 g/mol. The summed E-state index contributed by atoms with van der Waals surface area (Å²) in [5.41, 5.74) is 4.78. The Morgan fingerprint density at radius 3 is 2.71 bits per heavy atom. The van der Waals surface area contributed by atoms with Gasteiger partial charge >= 0.3 is 0 Å². The Balaban J connectivity index is 1.58. The smallest absolute Gasteiger partial charge is 0.226 e. The van der Waals surface area contributed by atoms with E-state index < -0.39 is 6.04 Å². The predicted molar refractivity (Wildman–Crippen MR) is 116 cm³/mol. The highest BCUT2D eigenvalue weighted by Gasteiger charge is 2.39. The van der Waals surface area contributed by atoms with Crippen molar-refractivity contribution in [3.63, 3.8) is 0 Å². The lowest BCUT2D eigenvalue weighted by Gasteiger charge is -2.35. The fraction of sp³-hybridized carbons (Fsp3) is 0.292. The van der Waals surface area contributed by atoms with Gasteiger partial charge in [-0.15, -0.1) is 0 Å². The number of benzene rings is 2. The van der Waals surface area contributed by atoms with Gasteiger partial charge in [0.05, 0.1) is 6.61 Å². The zero-order valence-corrected chi connectivity index (χ0v) is 17.5. The number of fused-ring (bicyclic) bond motifs is 1. The molecule has 2 atom stereocenters. The van der Waals surface area contributed by atoms with Crippen LogP contribution in [0.25, 0.3) is 0 Å². The molecule has 1 aromatic heterocycles. The molecule has 0 unspecified atom stereocenters. The summed E-state index contributed by atoms with van der Waals surface area (Å²) in [7, 11) is 0. The van der Waals surface area contributed by atoms with Gasteiger partial charge in [0.25, 0.3) is 0 Å². The van der Waals surface area contributed by atoms with Crippen LogP contribution in [0.4, 0.5) is 5.95 Å². The third-order valence-electron chi connectivity index (χ3n) is 6.01. The molecule has 158 valence electrons. The van der Waals surface area contributed by atoms with Gasteiger partial charge in [0.2, 0.25) is 5.95 Å². The first kappa shape index (κ1) is 19.4. The summed E-state index contributed by atoms with van der Waals surface area (Å²) < 4.78 is 7.30. The quantitative estimate of drug-likeness (QED) is 0.665. The highest BCUT2D eigenvalue weighted by atomic mass is 16.5. The number of aromatic hydroxyl groups is 1. The van der Waals surface area contributed by atoms with Crippen LogP contribution in [0.2, 0.25) is 0 Å². The Kier molecular flexibility index (Phi) is 4.73. The molecule has 0 fully saturated rings. The van der Waals surface area contributed by atoms with Crippen molar-refractivity contribution in [3.05, 3.63) is 76.8 Å². The van der Waals surface area contributed by atoms with Gasteiger partial charge in [0.1, 0.15) is 12.4 Å². The molecule has 2 aliphatic rings. The van der Waals surface area contributed by atoms with Gasteiger partial charge in [-0.2, -0.15) is 10.1 Å². The first-order valence-corrected chi connectivity index (χ1v) is 10.5. The number of hydrogen-bond acceptors (Lipinski definition) is 6. The number of aryl methyl sites for hydroxylation is 1. The molecule has 0 saturated heterocycles. The molecule has 7 nitrogen and oxygen atoms in total. The Bertz CT molecular complexity index is 1180. The number of ether oxygens (including phenoxy) is 1. The lowest BCUT2D eigenvalue weighted by atomic mass is 9.78. The molecule has 0 spiro atoms. The van der Waals surface area contributed by atoms with Crippen molar-refractivity contribution in [1.29, 1.82) is 0 Å². The summed E-state index contributed by atoms with van der Waals surface area (Å²) in [5, 5.41) is 17.9. The van der Waals surface area contributed by atoms with Crippen LogP contribution in [0.5, 0.6) is 11.5 Å². The lowest BCUT2D eigenvalue weighted by molar-refractivity contribution is -0.116. The van der Waals surface area contributed by atoms with Crippen molar-refractivity contribution in [2.24, 2.45) is 0 Å². The second kappa shape index (κ2) is 7.58. The van der Waals surface area contributed by atoms with Crippen molar-refractivity contribution in [3.8, 4) is 11.5 Å². The third-order valence-corrected chi connectivity index (χ3v) is 6.01. The van der Waals surface area contributed by atoms with Crippen LogP contribution in [0.3, 0.4) is 0 Å². The van der Waals surface area contributed by atoms with Gasteiger partial charge < -0.3 is 15.2 Å². The summed E-state index contributed by atoms with van der Waals surface area (Å²) in [6.45, 7) is 4.36. The Morgan fingerprint density at radius 2 is 1.94 bits per heavy atom. The SMILES string of the molecule is CCOc1cc([C@H]2C3=C(C[C@H](c4ccc(C)cc4)CC3=O)Nc3ncnn32)ccc1O. The maximum atomic E-state index is 13.4. The minimum Gasteiger partial charge on any atom is -0.504 e. The number of nitrogens with zero attached hydrogens (tertiary/aromatic N) is 3. The van der Waals surface area contributed by atoms with Gasteiger partial charge in [-0.3, -0.25) is 4.79 Å². The molecule has 0 saturated carbocycles. The molecule has 2 heterocycles. The summed E-state index contributed by atoms with van der Waals surface area (Å²) in [6, 6.07) is 13.2. The molecule has 2 N–H and O–H groups in total. The van der Waals surface area contributed by atoms with Crippen LogP contribution in [0, 0.1) is 6.92 Å². The molecule has 7 heteroatoms. The zero-order chi connectivity index (χ0) is 21.5. The van der Waals surface area contributed by atoms with Crippen molar-refractivity contribution in [2.75, 3.05) is 11.9 Å². The van der Waals surface area contributed by atoms with Crippen molar-refractivity contribution in [2.45, 2.75) is 38.6 Å². The number of Topliss-reactive ketones (excluding diaryl/α,β-unsaturated/α-hetero) is 1. The van der Waals surface area contributed by atoms with E-state index in [0.29, 0.717) is 30.3 Å². The second-order valence-corrected chi connectivity index (χ2v) is 8.05. The summed E-state index contributed by atoms with van der Waals surface area (Å²) >= 11 is 0. The lowest BCUT2D eigenvalue weighted by Crippen LogP contribution is -2.33. The van der Waals surface area contributed by atoms with Gasteiger partial charge in [0.15, 0.2) is 17.3 Å². The topological polar surface area (TPSA) is 89.3 Å². The first-order chi connectivity index (χ1) is 15.0. The van der Waals surface area contributed by atoms with E-state index in [1.807, 2.05) is 13.0 Å². The Labute approximate surface area is 180 Å². The molecular formula is C24H24N4O3. The molecule has 0 bridgehead atoms. The van der Waals surface area contributed by atoms with Gasteiger partial charge in [-0.25, -0.2) is 4.68 Å². The fourth-order valence-electron chi connectivity index (χ4n) is 4.51. The number of hydrogen-bond donors (Lipinski definition) is 2. The molecule has 31 heavy (non-hydrogen) atoms. The third kappa shape index (κ3) is 3.36. The predicted octanol–water partition coefficient (Wildman–Crippen LogP) is 4.11. The minimum absolute atomic E-state index is 0.0713. The zero-order valence-electron chi connectivity index (χ0n) is 17.5. The number of phenols is 1. The number of nitrogens with one attached hydrogen (secondary N) is 1. The summed E-state index contributed by atoms with van der Waals surface area (Å²) in [5.74, 6) is 1.28. The number of rotatable bonds is 4. The van der Waals surface area contributed by atoms with Crippen LogP contribution in [-0.4, -0.2) is 32.3 Å². The molecule has 0 radical (unpaired) electrons. The van der Waals surface area contributed by atoms with E-state index in [-0.39, 0.29) is 17.5 Å². The molecule has 3 aromatic rings. The van der Waals surface area contributed by atoms with Crippen molar-refractivity contribution < 1.29 is 14.6 Å². The molecule has 5 rings (SSSR count). The van der Waals surface area contributed by atoms with E-state index in [0.717, 1.165) is 17.7 Å². The van der Waals surface area contributed by atoms with E-state index in [4.69, 9.17) is 4.74 Å². The average molecular weight is 416 g/mol. The number of anilines is 1. The minimum atomic E-state index is -0.417. The molecule has 1 aliphatic heterocycles. The van der Waals surface area contributed by atoms with E-state index >= 15 is 0 Å². The number of ketones is 1. The number of aromatic nitrogens is 3. The van der Waals surface area contributed by atoms with E-state index in [2.05, 4.69) is 46.6 Å². The standard InChI is InChI=1S/C24H24N4O3/c1-3-31-21-12-16(8-9-19(21)29)23-22-18(27-24-25-13-26-28(23)24)10-17(11-20(22)30)15-6-4-14(2)5-7-15/h4-9,12-13,17,23,29H,3,10-11H2,1-2H3,(H,25,26,27)/t17-,23-/m0/s1. The second-order valence-electron chi connectivity index (χ2n) is 8.05. The monoisotopic (exact) mass is 416 g/mol. The van der Waals surface area contributed by atoms with Gasteiger partial charge in [0, 0.05) is 17.7 Å². The first-order valence-electron chi connectivity index (χ1n) is 10.5. The summed E-state index contributed by atoms with van der Waals surface area (Å²) in [4.78, 5) is 17.8. The van der Waals surface area contributed by atoms with Crippen LogP contribution >= 0.6 is 0 Å². The molecule has 2 aromatic carbocycles. The van der Waals surface area contributed by atoms with Crippen LogP contribution in [0.15, 0.2) is 60.1 Å². The number of allylic oxidation sites excluding steroid dienone is 2. The number of carbonyl (C=O) groups is 1. The van der Waals surface area contributed by atoms with E-state index in [9.17, 15) is 9.90 Å². The number of carbonyl (C=O) groups excluding carboxylic acids is 1. The maximum Gasteiger partial charge on any atom is 0.226 e. The van der Waals surface area contributed by atoms with Crippen molar-refractivity contribution in [1.82, 2.24) is 14.8 Å². The van der Waals surface area contributed by atoms with E-state index in [1.165, 1.54) is 17.5 Å². The van der Waals surface area contributed by atoms with E-state index in [1.54, 1.807) is 16.8 Å². The normalized spacial score (nSPS) is 20.1. The van der Waals surface area contributed by atoms with Crippen molar-refractivity contribution >= 4 is 11.7 Å². The Morgan fingerprint density at radius 1 is 1.16 bits per heavy atom. The average Bonchev–Trinajstić information content (AvgIpc) is 3.22. The van der Waals surface area contributed by atoms with Crippen LogP contribution in [0.1, 0.15) is 48.4 Å². The highest BCUT2D eigenvalue weighted by Crippen LogP contribution is 2.44. The number of phenolic OH excluding ortho intramolecular Hbond substituents is 1. The van der Waals surface area contributed by atoms with Gasteiger partial charge in [-0.05, 0) is 49.4 Å². The van der Waals surface area contributed by atoms with Gasteiger partial charge in [-0.1, -0.05) is 35.9 Å². The highest BCUT2D eigenvalue weighted by molar-refractivity contribution is 6.00. The van der Waals surface area contributed by atoms with Crippen LogP contribution < -0.4 is 10.1 Å². The fourth-order valence-corrected chi connectivity index (χ4v) is 4.51. The largest absolute Gasteiger partial charge is 0.504 e.